The first-order valence-electron chi connectivity index (χ1n) is 10.1. The molecule has 33 heavy (non-hydrogen) atoms. The lowest BCUT2D eigenvalue weighted by molar-refractivity contribution is -0.122. The average molecular weight is 489 g/mol. The van der Waals surface area contributed by atoms with E-state index in [1.807, 2.05) is 31.2 Å². The molecule has 0 saturated carbocycles. The number of methoxy groups -OCH3 is 1. The number of hydrogen-bond donors (Lipinski definition) is 3. The molecule has 3 N–H and O–H groups in total. The van der Waals surface area contributed by atoms with Crippen LogP contribution in [0.2, 0.25) is 5.02 Å². The fourth-order valence-corrected chi connectivity index (χ4v) is 3.97. The smallest absolute Gasteiger partial charge is 0.240 e. The van der Waals surface area contributed by atoms with E-state index < -0.39 is 0 Å². The fraction of sp³-hybridized carbons (Fsp3) is 0.261. The maximum absolute atomic E-state index is 12.5. The minimum absolute atomic E-state index is 0.0200. The zero-order chi connectivity index (χ0) is 23.8. The molecule has 0 aliphatic rings. The molecule has 174 valence electrons. The van der Waals surface area contributed by atoms with E-state index in [0.717, 1.165) is 22.9 Å². The molecule has 0 unspecified atom stereocenters. The van der Waals surface area contributed by atoms with Crippen LogP contribution in [0.4, 0.5) is 5.69 Å². The van der Waals surface area contributed by atoms with E-state index in [-0.39, 0.29) is 30.7 Å². The van der Waals surface area contributed by atoms with Gasteiger partial charge in [-0.05, 0) is 30.7 Å². The van der Waals surface area contributed by atoms with Gasteiger partial charge in [0.1, 0.15) is 12.3 Å². The van der Waals surface area contributed by atoms with Crippen molar-refractivity contribution in [3.8, 4) is 5.75 Å². The number of ether oxygens (including phenoxy) is 1. The highest BCUT2D eigenvalue weighted by Crippen LogP contribution is 2.28. The van der Waals surface area contributed by atoms with Crippen molar-refractivity contribution in [2.24, 2.45) is 0 Å². The Morgan fingerprint density at radius 2 is 1.94 bits per heavy atom. The number of imidazole rings is 1. The molecular formula is C23H25ClN4O4S. The van der Waals surface area contributed by atoms with Crippen LogP contribution in [0.15, 0.2) is 53.8 Å². The number of halogens is 1. The van der Waals surface area contributed by atoms with Gasteiger partial charge in [-0.3, -0.25) is 9.59 Å². The molecule has 8 nitrogen and oxygen atoms in total. The maximum atomic E-state index is 12.5. The average Bonchev–Trinajstić information content (AvgIpc) is 3.19. The number of aromatic nitrogens is 2. The van der Waals surface area contributed by atoms with Crippen LogP contribution >= 0.6 is 23.4 Å². The highest BCUT2D eigenvalue weighted by atomic mass is 35.5. The summed E-state index contributed by atoms with van der Waals surface area (Å²) >= 11 is 7.16. The van der Waals surface area contributed by atoms with E-state index in [1.54, 1.807) is 22.8 Å². The van der Waals surface area contributed by atoms with Gasteiger partial charge in [-0.25, -0.2) is 4.98 Å². The number of aliphatic hydroxyl groups excluding tert-OH is 1. The van der Waals surface area contributed by atoms with Crippen molar-refractivity contribution in [2.75, 3.05) is 18.2 Å². The highest BCUT2D eigenvalue weighted by Gasteiger charge is 2.16. The van der Waals surface area contributed by atoms with Crippen LogP contribution < -0.4 is 15.4 Å². The molecular weight excluding hydrogens is 464 g/mol. The second-order valence-electron chi connectivity index (χ2n) is 7.22. The molecule has 2 amide bonds. The van der Waals surface area contributed by atoms with Crippen LogP contribution in [-0.4, -0.2) is 39.3 Å². The molecule has 0 spiro atoms. The third kappa shape index (κ3) is 6.98. The van der Waals surface area contributed by atoms with Gasteiger partial charge in [-0.1, -0.05) is 53.2 Å². The lowest BCUT2D eigenvalue weighted by Crippen LogP contribution is -2.28. The number of carbonyl (C=O) groups excluding carboxylic acids is 2. The Kier molecular flexibility index (Phi) is 8.76. The number of aliphatic hydroxyl groups is 1. The summed E-state index contributed by atoms with van der Waals surface area (Å²) in [6.07, 6.45) is 1.49. The standard InChI is InChI=1S/C23H25ClN4O4S/c1-15-3-5-16(6-4-15)10-25-21(30)12-28-18(13-29)11-26-23(28)33-14-22(31)27-19-9-17(24)7-8-20(19)32-2/h3-9,11,29H,10,12-14H2,1-2H3,(H,25,30)(H,27,31). The Bertz CT molecular complexity index is 1120. The van der Waals surface area contributed by atoms with Crippen LogP contribution in [0.5, 0.6) is 5.75 Å². The number of hydrogen-bond acceptors (Lipinski definition) is 6. The monoisotopic (exact) mass is 488 g/mol. The molecule has 10 heteroatoms. The first kappa shape index (κ1) is 24.6. The molecule has 0 saturated heterocycles. The van der Waals surface area contributed by atoms with Crippen molar-refractivity contribution in [3.05, 3.63) is 70.5 Å². The minimum Gasteiger partial charge on any atom is -0.495 e. The third-order valence-corrected chi connectivity index (χ3v) is 5.97. The second-order valence-corrected chi connectivity index (χ2v) is 8.60. The molecule has 0 aliphatic heterocycles. The zero-order valence-electron chi connectivity index (χ0n) is 18.3. The summed E-state index contributed by atoms with van der Waals surface area (Å²) in [6, 6.07) is 12.8. The van der Waals surface area contributed by atoms with E-state index in [1.165, 1.54) is 13.3 Å². The molecule has 0 radical (unpaired) electrons. The lowest BCUT2D eigenvalue weighted by atomic mass is 10.1. The lowest BCUT2D eigenvalue weighted by Gasteiger charge is -2.12. The van der Waals surface area contributed by atoms with Crippen LogP contribution in [-0.2, 0) is 29.3 Å². The Morgan fingerprint density at radius 3 is 2.64 bits per heavy atom. The van der Waals surface area contributed by atoms with Gasteiger partial charge in [0, 0.05) is 11.6 Å². The largest absolute Gasteiger partial charge is 0.495 e. The molecule has 0 atom stereocenters. The first-order chi connectivity index (χ1) is 15.9. The molecule has 0 fully saturated rings. The number of thioether (sulfide) groups is 1. The number of nitrogens with zero attached hydrogens (tertiary/aromatic N) is 2. The second kappa shape index (κ2) is 11.7. The Balaban J connectivity index is 1.59. The Labute approximate surface area is 201 Å². The van der Waals surface area contributed by atoms with Crippen LogP contribution in [0, 0.1) is 6.92 Å². The van der Waals surface area contributed by atoms with E-state index in [0.29, 0.717) is 33.9 Å². The van der Waals surface area contributed by atoms with Gasteiger partial charge in [0.2, 0.25) is 11.8 Å². The van der Waals surface area contributed by atoms with E-state index >= 15 is 0 Å². The third-order valence-electron chi connectivity index (χ3n) is 4.74. The number of carbonyl (C=O) groups is 2. The fourth-order valence-electron chi connectivity index (χ4n) is 3.00. The minimum atomic E-state index is -0.288. The summed E-state index contributed by atoms with van der Waals surface area (Å²) in [5.74, 6) is 0.0255. The van der Waals surface area contributed by atoms with Gasteiger partial charge in [0.15, 0.2) is 5.16 Å². The van der Waals surface area contributed by atoms with E-state index in [2.05, 4.69) is 15.6 Å². The quantitative estimate of drug-likeness (QED) is 0.378. The summed E-state index contributed by atoms with van der Waals surface area (Å²) in [5.41, 5.74) is 3.09. The highest BCUT2D eigenvalue weighted by molar-refractivity contribution is 7.99. The Hall–Kier alpha value is -3.01. The van der Waals surface area contributed by atoms with Gasteiger partial charge in [-0.15, -0.1) is 0 Å². The summed E-state index contributed by atoms with van der Waals surface area (Å²) < 4.78 is 6.84. The summed E-state index contributed by atoms with van der Waals surface area (Å²) in [4.78, 5) is 29.2. The Morgan fingerprint density at radius 1 is 1.18 bits per heavy atom. The van der Waals surface area contributed by atoms with Crippen molar-refractivity contribution < 1.29 is 19.4 Å². The van der Waals surface area contributed by atoms with Crippen molar-refractivity contribution in [2.45, 2.75) is 31.8 Å². The van der Waals surface area contributed by atoms with Crippen molar-refractivity contribution in [1.82, 2.24) is 14.9 Å². The number of anilines is 1. The first-order valence-corrected chi connectivity index (χ1v) is 11.5. The number of nitrogens with one attached hydrogen (secondary N) is 2. The van der Waals surface area contributed by atoms with Crippen LogP contribution in [0.25, 0.3) is 0 Å². The van der Waals surface area contributed by atoms with Gasteiger partial charge < -0.3 is 25.0 Å². The summed E-state index contributed by atoms with van der Waals surface area (Å²) in [6.45, 7) is 2.11. The topological polar surface area (TPSA) is 105 Å². The molecule has 3 aromatic rings. The molecule has 3 rings (SSSR count). The summed E-state index contributed by atoms with van der Waals surface area (Å²) in [7, 11) is 1.50. The number of benzene rings is 2. The van der Waals surface area contributed by atoms with Crippen molar-refractivity contribution in [1.29, 1.82) is 0 Å². The van der Waals surface area contributed by atoms with Crippen molar-refractivity contribution in [3.63, 3.8) is 0 Å². The van der Waals surface area contributed by atoms with E-state index in [9.17, 15) is 14.7 Å². The molecule has 0 bridgehead atoms. The van der Waals surface area contributed by atoms with E-state index in [4.69, 9.17) is 16.3 Å². The predicted molar refractivity (Wildman–Crippen MR) is 129 cm³/mol. The number of amides is 2. The normalized spacial score (nSPS) is 10.7. The zero-order valence-corrected chi connectivity index (χ0v) is 19.9. The molecule has 0 aliphatic carbocycles. The van der Waals surface area contributed by atoms with Gasteiger partial charge in [0.25, 0.3) is 0 Å². The van der Waals surface area contributed by atoms with Gasteiger partial charge >= 0.3 is 0 Å². The van der Waals surface area contributed by atoms with Crippen LogP contribution in [0.3, 0.4) is 0 Å². The van der Waals surface area contributed by atoms with Gasteiger partial charge in [-0.2, -0.15) is 0 Å². The molecule has 1 heterocycles. The SMILES string of the molecule is COc1ccc(Cl)cc1NC(=O)CSc1ncc(CO)n1CC(=O)NCc1ccc(C)cc1. The predicted octanol–water partition coefficient (Wildman–Crippen LogP) is 3.39. The molecule has 2 aromatic carbocycles. The summed E-state index contributed by atoms with van der Waals surface area (Å²) in [5, 5.41) is 16.2. The number of rotatable bonds is 10. The van der Waals surface area contributed by atoms with Gasteiger partial charge in [0.05, 0.1) is 37.0 Å². The number of aryl methyl sites for hydroxylation is 1. The maximum Gasteiger partial charge on any atom is 0.240 e. The van der Waals surface area contributed by atoms with Crippen LogP contribution in [0.1, 0.15) is 16.8 Å². The van der Waals surface area contributed by atoms with Crippen molar-refractivity contribution >= 4 is 40.9 Å². The molecule has 1 aromatic heterocycles.